The molecular formula is C19H21F3N2O4. The molecule has 2 unspecified atom stereocenters. The number of likely N-dealkylation sites (tertiary alicyclic amines) is 1. The van der Waals surface area contributed by atoms with Crippen molar-refractivity contribution < 1.29 is 32.2 Å². The van der Waals surface area contributed by atoms with Gasteiger partial charge in [-0.2, -0.15) is 13.2 Å². The fraction of sp³-hybridized carbons (Fsp3) is 0.579. The summed E-state index contributed by atoms with van der Waals surface area (Å²) in [6, 6.07) is 4.83. The summed E-state index contributed by atoms with van der Waals surface area (Å²) >= 11 is 0. The predicted molar refractivity (Wildman–Crippen MR) is 92.1 cm³/mol. The number of anilines is 1. The minimum atomic E-state index is -4.56. The number of hydrogen-bond acceptors (Lipinski definition) is 4. The van der Waals surface area contributed by atoms with Gasteiger partial charge in [-0.1, -0.05) is 12.1 Å². The van der Waals surface area contributed by atoms with E-state index in [1.807, 2.05) is 0 Å². The van der Waals surface area contributed by atoms with Crippen LogP contribution in [0.1, 0.15) is 24.8 Å². The number of carbonyl (C=O) groups is 2. The number of hydrogen-bond donors (Lipinski definition) is 1. The van der Waals surface area contributed by atoms with Crippen molar-refractivity contribution in [2.45, 2.75) is 31.2 Å². The Morgan fingerprint density at radius 1 is 1.07 bits per heavy atom. The number of piperidine rings is 1. The van der Waals surface area contributed by atoms with Crippen molar-refractivity contribution in [1.29, 1.82) is 0 Å². The van der Waals surface area contributed by atoms with E-state index in [0.717, 1.165) is 6.07 Å². The average Bonchev–Trinajstić information content (AvgIpc) is 3.35. The molecule has 2 amide bonds. The molecule has 2 atom stereocenters. The number of alkyl halides is 3. The molecule has 4 rings (SSSR count). The summed E-state index contributed by atoms with van der Waals surface area (Å²) < 4.78 is 50.4. The van der Waals surface area contributed by atoms with Gasteiger partial charge in [-0.3, -0.25) is 9.59 Å². The molecule has 1 aromatic rings. The van der Waals surface area contributed by atoms with E-state index in [1.54, 1.807) is 4.90 Å². The second-order valence-corrected chi connectivity index (χ2v) is 7.41. The van der Waals surface area contributed by atoms with Gasteiger partial charge in [0.2, 0.25) is 11.8 Å². The minimum absolute atomic E-state index is 0.128. The molecule has 3 aliphatic rings. The monoisotopic (exact) mass is 398 g/mol. The summed E-state index contributed by atoms with van der Waals surface area (Å²) in [6.07, 6.45) is -3.03. The fourth-order valence-electron chi connectivity index (χ4n) is 3.91. The number of nitrogens with zero attached hydrogens (tertiary/aromatic N) is 1. The van der Waals surface area contributed by atoms with Gasteiger partial charge in [0.25, 0.3) is 0 Å². The Balaban J connectivity index is 1.33. The van der Waals surface area contributed by atoms with Gasteiger partial charge in [0.15, 0.2) is 5.79 Å². The van der Waals surface area contributed by atoms with Crippen molar-refractivity contribution >= 4 is 17.5 Å². The minimum Gasteiger partial charge on any atom is -0.347 e. The van der Waals surface area contributed by atoms with E-state index in [2.05, 4.69) is 5.32 Å². The third-order valence-electron chi connectivity index (χ3n) is 5.59. The van der Waals surface area contributed by atoms with Crippen LogP contribution in [-0.4, -0.2) is 48.8 Å². The predicted octanol–water partition coefficient (Wildman–Crippen LogP) is 2.65. The van der Waals surface area contributed by atoms with Gasteiger partial charge >= 0.3 is 6.18 Å². The zero-order valence-corrected chi connectivity index (χ0v) is 15.1. The molecule has 9 heteroatoms. The van der Waals surface area contributed by atoms with Gasteiger partial charge in [0, 0.05) is 25.9 Å². The molecule has 0 aromatic heterocycles. The Morgan fingerprint density at radius 3 is 2.36 bits per heavy atom. The summed E-state index contributed by atoms with van der Waals surface area (Å²) in [5, 5.41) is 2.34. The van der Waals surface area contributed by atoms with Crippen LogP contribution >= 0.6 is 0 Å². The van der Waals surface area contributed by atoms with Crippen LogP contribution in [0.15, 0.2) is 24.3 Å². The Hall–Kier alpha value is -2.13. The number of para-hydroxylation sites is 1. The van der Waals surface area contributed by atoms with Crippen LogP contribution in [0.3, 0.4) is 0 Å². The maximum absolute atomic E-state index is 13.1. The lowest BCUT2D eigenvalue weighted by molar-refractivity contribution is -0.187. The second kappa shape index (κ2) is 7.04. The second-order valence-electron chi connectivity index (χ2n) is 7.41. The molecule has 152 valence electrons. The van der Waals surface area contributed by atoms with Crippen molar-refractivity contribution in [2.24, 2.45) is 11.8 Å². The summed E-state index contributed by atoms with van der Waals surface area (Å²) in [7, 11) is 0. The quantitative estimate of drug-likeness (QED) is 0.850. The van der Waals surface area contributed by atoms with E-state index in [-0.39, 0.29) is 11.6 Å². The zero-order chi connectivity index (χ0) is 19.9. The van der Waals surface area contributed by atoms with Crippen LogP contribution in [0.25, 0.3) is 0 Å². The molecule has 1 spiro atoms. The standard InChI is InChI=1S/C19H21F3N2O4/c20-19(21,22)14-3-1-2-4-15(14)23-16(25)12-11-13(12)17(26)24-7-5-18(6-8-24)27-9-10-28-18/h1-4,12-13H,5-11H2,(H,23,25). The van der Waals surface area contributed by atoms with Gasteiger partial charge in [-0.25, -0.2) is 0 Å². The Labute approximate surface area is 160 Å². The van der Waals surface area contributed by atoms with E-state index in [9.17, 15) is 22.8 Å². The molecule has 1 N–H and O–H groups in total. The highest BCUT2D eigenvalue weighted by atomic mass is 19.4. The van der Waals surface area contributed by atoms with Crippen LogP contribution in [0.2, 0.25) is 0 Å². The van der Waals surface area contributed by atoms with Gasteiger partial charge in [-0.15, -0.1) is 0 Å². The molecule has 6 nitrogen and oxygen atoms in total. The van der Waals surface area contributed by atoms with E-state index < -0.39 is 35.3 Å². The molecule has 1 saturated carbocycles. The molecule has 2 saturated heterocycles. The van der Waals surface area contributed by atoms with Gasteiger partial charge in [0.1, 0.15) is 0 Å². The van der Waals surface area contributed by atoms with Gasteiger partial charge in [-0.05, 0) is 18.6 Å². The average molecular weight is 398 g/mol. The Morgan fingerprint density at radius 2 is 1.71 bits per heavy atom. The topological polar surface area (TPSA) is 67.9 Å². The molecule has 1 aliphatic carbocycles. The highest BCUT2D eigenvalue weighted by Crippen LogP contribution is 2.43. The lowest BCUT2D eigenvalue weighted by atomic mass is 10.0. The maximum atomic E-state index is 13.1. The van der Waals surface area contributed by atoms with E-state index >= 15 is 0 Å². The Bertz CT molecular complexity index is 767. The summed E-state index contributed by atoms with van der Waals surface area (Å²) in [5.74, 6) is -2.33. The third-order valence-corrected chi connectivity index (χ3v) is 5.59. The highest BCUT2D eigenvalue weighted by Gasteiger charge is 2.51. The SMILES string of the molecule is O=C(Nc1ccccc1C(F)(F)F)C1CC1C(=O)N1CCC2(CC1)OCCO2. The molecular weight excluding hydrogens is 377 g/mol. The van der Waals surface area contributed by atoms with Crippen molar-refractivity contribution in [1.82, 2.24) is 4.90 Å². The number of carbonyl (C=O) groups excluding carboxylic acids is 2. The molecule has 28 heavy (non-hydrogen) atoms. The van der Waals surface area contributed by atoms with E-state index in [4.69, 9.17) is 9.47 Å². The highest BCUT2D eigenvalue weighted by molar-refractivity contribution is 6.00. The van der Waals surface area contributed by atoms with E-state index in [1.165, 1.54) is 18.2 Å². The largest absolute Gasteiger partial charge is 0.418 e. The van der Waals surface area contributed by atoms with Crippen molar-refractivity contribution in [3.8, 4) is 0 Å². The lowest BCUT2D eigenvalue weighted by Crippen LogP contribution is -2.48. The first kappa shape index (κ1) is 19.2. The number of amides is 2. The van der Waals surface area contributed by atoms with Crippen LogP contribution in [-0.2, 0) is 25.2 Å². The van der Waals surface area contributed by atoms with Gasteiger partial charge in [0.05, 0.1) is 36.3 Å². The Kier molecular flexibility index (Phi) is 4.83. The van der Waals surface area contributed by atoms with Crippen molar-refractivity contribution in [3.05, 3.63) is 29.8 Å². The molecule has 0 bridgehead atoms. The number of halogens is 3. The first-order chi connectivity index (χ1) is 13.3. The molecule has 0 radical (unpaired) electrons. The first-order valence-corrected chi connectivity index (χ1v) is 9.33. The van der Waals surface area contributed by atoms with Crippen LogP contribution in [0, 0.1) is 11.8 Å². The first-order valence-electron chi connectivity index (χ1n) is 9.33. The summed E-state index contributed by atoms with van der Waals surface area (Å²) in [4.78, 5) is 26.7. The molecule has 3 fully saturated rings. The summed E-state index contributed by atoms with van der Waals surface area (Å²) in [6.45, 7) is 2.08. The molecule has 2 aliphatic heterocycles. The smallest absolute Gasteiger partial charge is 0.347 e. The number of nitrogens with one attached hydrogen (secondary N) is 1. The maximum Gasteiger partial charge on any atom is 0.418 e. The van der Waals surface area contributed by atoms with Gasteiger partial charge < -0.3 is 19.7 Å². The molecule has 2 heterocycles. The number of ether oxygens (including phenoxy) is 2. The number of benzene rings is 1. The molecule has 1 aromatic carbocycles. The van der Waals surface area contributed by atoms with Crippen LogP contribution in [0.4, 0.5) is 18.9 Å². The summed E-state index contributed by atoms with van der Waals surface area (Å²) in [5.41, 5.74) is -1.18. The normalized spacial score (nSPS) is 26.3. The van der Waals surface area contributed by atoms with Crippen LogP contribution in [0.5, 0.6) is 0 Å². The van der Waals surface area contributed by atoms with Crippen LogP contribution < -0.4 is 5.32 Å². The van der Waals surface area contributed by atoms with E-state index in [0.29, 0.717) is 45.6 Å². The zero-order valence-electron chi connectivity index (χ0n) is 15.1. The third kappa shape index (κ3) is 3.73. The van der Waals surface area contributed by atoms with Crippen molar-refractivity contribution in [2.75, 3.05) is 31.6 Å². The number of rotatable bonds is 3. The van der Waals surface area contributed by atoms with Crippen molar-refractivity contribution in [3.63, 3.8) is 0 Å². The lowest BCUT2D eigenvalue weighted by Gasteiger charge is -2.37. The fourth-order valence-corrected chi connectivity index (χ4v) is 3.91.